The standard InChI is InChI=1S/C14H21N3O4/c1-14(2,6-7-21-3)9-16-13(18)10-4-5-12(17(19)20)11(15)8-10/h4-5,8H,6-7,9,15H2,1-3H3,(H,16,18). The normalized spacial score (nSPS) is 11.2. The Hall–Kier alpha value is -2.15. The number of hydrogen-bond acceptors (Lipinski definition) is 5. The SMILES string of the molecule is COCCC(C)(C)CNC(=O)c1ccc([N+](=O)[O-])c(N)c1. The predicted octanol–water partition coefficient (Wildman–Crippen LogP) is 1.97. The number of nitro benzene ring substituents is 1. The van der Waals surface area contributed by atoms with Crippen LogP contribution in [0.5, 0.6) is 0 Å². The maximum atomic E-state index is 12.0. The second kappa shape index (κ2) is 7.03. The van der Waals surface area contributed by atoms with Crippen LogP contribution >= 0.6 is 0 Å². The molecule has 1 rings (SSSR count). The van der Waals surface area contributed by atoms with Crippen LogP contribution in [0.4, 0.5) is 11.4 Å². The average molecular weight is 295 g/mol. The number of benzene rings is 1. The Bertz CT molecular complexity index is 529. The molecule has 0 fully saturated rings. The molecule has 0 saturated heterocycles. The fourth-order valence-electron chi connectivity index (χ4n) is 1.75. The van der Waals surface area contributed by atoms with Gasteiger partial charge in [0.2, 0.25) is 0 Å². The summed E-state index contributed by atoms with van der Waals surface area (Å²) in [6.07, 6.45) is 0.812. The Morgan fingerprint density at radius 1 is 1.48 bits per heavy atom. The van der Waals surface area contributed by atoms with E-state index in [0.717, 1.165) is 6.42 Å². The number of nitrogens with one attached hydrogen (secondary N) is 1. The van der Waals surface area contributed by atoms with E-state index in [0.29, 0.717) is 18.7 Å². The summed E-state index contributed by atoms with van der Waals surface area (Å²) in [5.41, 5.74) is 5.55. The molecule has 7 nitrogen and oxygen atoms in total. The molecule has 0 aromatic heterocycles. The molecule has 0 aliphatic heterocycles. The molecule has 7 heteroatoms. The molecule has 21 heavy (non-hydrogen) atoms. The molecule has 0 saturated carbocycles. The van der Waals surface area contributed by atoms with Gasteiger partial charge >= 0.3 is 0 Å². The van der Waals surface area contributed by atoms with Crippen LogP contribution in [0.25, 0.3) is 0 Å². The van der Waals surface area contributed by atoms with Crippen molar-refractivity contribution in [3.05, 3.63) is 33.9 Å². The number of carbonyl (C=O) groups is 1. The van der Waals surface area contributed by atoms with E-state index >= 15 is 0 Å². The Morgan fingerprint density at radius 3 is 2.67 bits per heavy atom. The fraction of sp³-hybridized carbons (Fsp3) is 0.500. The second-order valence-electron chi connectivity index (χ2n) is 5.62. The maximum Gasteiger partial charge on any atom is 0.292 e. The van der Waals surface area contributed by atoms with Crippen LogP contribution in [0.1, 0.15) is 30.6 Å². The van der Waals surface area contributed by atoms with E-state index in [2.05, 4.69) is 5.32 Å². The molecule has 0 atom stereocenters. The van der Waals surface area contributed by atoms with Crippen molar-refractivity contribution in [2.45, 2.75) is 20.3 Å². The molecule has 0 heterocycles. The number of nitrogen functional groups attached to an aromatic ring is 1. The summed E-state index contributed by atoms with van der Waals surface area (Å²) in [7, 11) is 1.63. The van der Waals surface area contributed by atoms with Gasteiger partial charge in [-0.3, -0.25) is 14.9 Å². The summed E-state index contributed by atoms with van der Waals surface area (Å²) in [5, 5.41) is 13.5. The number of nitro groups is 1. The molecular weight excluding hydrogens is 274 g/mol. The minimum atomic E-state index is -0.578. The Morgan fingerprint density at radius 2 is 2.14 bits per heavy atom. The zero-order valence-electron chi connectivity index (χ0n) is 12.5. The third-order valence-corrected chi connectivity index (χ3v) is 3.20. The first kappa shape index (κ1) is 16.9. The van der Waals surface area contributed by atoms with Crippen LogP contribution in [0.15, 0.2) is 18.2 Å². The van der Waals surface area contributed by atoms with E-state index in [4.69, 9.17) is 10.5 Å². The highest BCUT2D eigenvalue weighted by Crippen LogP contribution is 2.22. The van der Waals surface area contributed by atoms with Gasteiger partial charge in [-0.05, 0) is 24.0 Å². The zero-order chi connectivity index (χ0) is 16.0. The molecule has 0 aliphatic carbocycles. The van der Waals surface area contributed by atoms with Crippen LogP contribution in [-0.4, -0.2) is 31.1 Å². The highest BCUT2D eigenvalue weighted by Gasteiger charge is 2.20. The van der Waals surface area contributed by atoms with E-state index in [1.807, 2.05) is 13.8 Å². The zero-order valence-corrected chi connectivity index (χ0v) is 12.5. The first-order chi connectivity index (χ1) is 9.76. The monoisotopic (exact) mass is 295 g/mol. The molecule has 0 aliphatic rings. The summed E-state index contributed by atoms with van der Waals surface area (Å²) >= 11 is 0. The minimum absolute atomic E-state index is 0.0220. The number of nitrogens with two attached hydrogens (primary N) is 1. The maximum absolute atomic E-state index is 12.0. The highest BCUT2D eigenvalue weighted by molar-refractivity contribution is 5.95. The fourth-order valence-corrected chi connectivity index (χ4v) is 1.75. The molecule has 0 unspecified atom stereocenters. The van der Waals surface area contributed by atoms with Gasteiger partial charge in [0.25, 0.3) is 11.6 Å². The molecule has 0 spiro atoms. The number of anilines is 1. The third-order valence-electron chi connectivity index (χ3n) is 3.20. The molecule has 1 aromatic carbocycles. The van der Waals surface area contributed by atoms with Crippen LogP contribution < -0.4 is 11.1 Å². The van der Waals surface area contributed by atoms with Gasteiger partial charge in [-0.15, -0.1) is 0 Å². The molecule has 0 radical (unpaired) electrons. The third kappa shape index (κ3) is 5.03. The van der Waals surface area contributed by atoms with Crippen molar-refractivity contribution in [3.63, 3.8) is 0 Å². The van der Waals surface area contributed by atoms with Crippen molar-refractivity contribution >= 4 is 17.3 Å². The quantitative estimate of drug-likeness (QED) is 0.454. The average Bonchev–Trinajstić information content (AvgIpc) is 2.42. The summed E-state index contributed by atoms with van der Waals surface area (Å²) in [6.45, 7) is 5.15. The second-order valence-corrected chi connectivity index (χ2v) is 5.62. The van der Waals surface area contributed by atoms with Gasteiger partial charge in [-0.2, -0.15) is 0 Å². The van der Waals surface area contributed by atoms with Gasteiger partial charge in [0.05, 0.1) is 4.92 Å². The number of rotatable bonds is 7. The molecule has 3 N–H and O–H groups in total. The van der Waals surface area contributed by atoms with E-state index in [1.165, 1.54) is 18.2 Å². The summed E-state index contributed by atoms with van der Waals surface area (Å²) in [6, 6.07) is 3.95. The molecule has 0 bridgehead atoms. The number of nitrogens with zero attached hydrogens (tertiary/aromatic N) is 1. The van der Waals surface area contributed by atoms with Crippen molar-refractivity contribution < 1.29 is 14.5 Å². The molecule has 1 aromatic rings. The van der Waals surface area contributed by atoms with E-state index in [-0.39, 0.29) is 22.7 Å². The van der Waals surface area contributed by atoms with Crippen molar-refractivity contribution in [2.24, 2.45) is 5.41 Å². The molecule has 116 valence electrons. The van der Waals surface area contributed by atoms with Crippen molar-refractivity contribution in [3.8, 4) is 0 Å². The van der Waals surface area contributed by atoms with Gasteiger partial charge in [-0.1, -0.05) is 13.8 Å². The van der Waals surface area contributed by atoms with Crippen LogP contribution in [-0.2, 0) is 4.74 Å². The lowest BCUT2D eigenvalue weighted by atomic mass is 9.89. The minimum Gasteiger partial charge on any atom is -0.393 e. The number of hydrogen-bond donors (Lipinski definition) is 2. The van der Waals surface area contributed by atoms with E-state index in [9.17, 15) is 14.9 Å². The lowest BCUT2D eigenvalue weighted by molar-refractivity contribution is -0.383. The summed E-state index contributed by atoms with van der Waals surface area (Å²) < 4.78 is 5.03. The number of carbonyl (C=O) groups excluding carboxylic acids is 1. The Balaban J connectivity index is 2.68. The van der Waals surface area contributed by atoms with Crippen LogP contribution in [0.3, 0.4) is 0 Å². The van der Waals surface area contributed by atoms with Crippen molar-refractivity contribution in [1.82, 2.24) is 5.32 Å². The van der Waals surface area contributed by atoms with Crippen LogP contribution in [0, 0.1) is 15.5 Å². The van der Waals surface area contributed by atoms with Gasteiger partial charge < -0.3 is 15.8 Å². The lowest BCUT2D eigenvalue weighted by Crippen LogP contribution is -2.34. The Kier molecular flexibility index (Phi) is 5.66. The van der Waals surface area contributed by atoms with Gasteiger partial charge in [0.1, 0.15) is 5.69 Å². The first-order valence-electron chi connectivity index (χ1n) is 6.58. The first-order valence-corrected chi connectivity index (χ1v) is 6.58. The highest BCUT2D eigenvalue weighted by atomic mass is 16.6. The van der Waals surface area contributed by atoms with Gasteiger partial charge in [0, 0.05) is 31.9 Å². The summed E-state index contributed by atoms with van der Waals surface area (Å²) in [5.74, 6) is -0.304. The lowest BCUT2D eigenvalue weighted by Gasteiger charge is -2.24. The Labute approximate surface area is 123 Å². The molecular formula is C14H21N3O4. The predicted molar refractivity (Wildman–Crippen MR) is 80.1 cm³/mol. The number of amides is 1. The van der Waals surface area contributed by atoms with Gasteiger partial charge in [0.15, 0.2) is 0 Å². The van der Waals surface area contributed by atoms with E-state index in [1.54, 1.807) is 7.11 Å². The smallest absolute Gasteiger partial charge is 0.292 e. The largest absolute Gasteiger partial charge is 0.393 e. The number of methoxy groups -OCH3 is 1. The summed E-state index contributed by atoms with van der Waals surface area (Å²) in [4.78, 5) is 22.1. The van der Waals surface area contributed by atoms with Crippen LogP contribution in [0.2, 0.25) is 0 Å². The van der Waals surface area contributed by atoms with Crippen molar-refractivity contribution in [2.75, 3.05) is 26.0 Å². The molecule has 1 amide bonds. The topological polar surface area (TPSA) is 107 Å². The number of ether oxygens (including phenoxy) is 1. The van der Waals surface area contributed by atoms with Crippen molar-refractivity contribution in [1.29, 1.82) is 0 Å². The van der Waals surface area contributed by atoms with E-state index < -0.39 is 4.92 Å². The van der Waals surface area contributed by atoms with Gasteiger partial charge in [-0.25, -0.2) is 0 Å².